The third-order valence-electron chi connectivity index (χ3n) is 2.31. The third kappa shape index (κ3) is 1.27. The van der Waals surface area contributed by atoms with Crippen molar-refractivity contribution in [3.05, 3.63) is 48.2 Å². The van der Waals surface area contributed by atoms with Gasteiger partial charge in [-0.3, -0.25) is 0 Å². The Morgan fingerprint density at radius 2 is 2.07 bits per heavy atom. The van der Waals surface area contributed by atoms with E-state index in [1.165, 1.54) is 10.9 Å². The molecule has 1 N–H and O–H groups in total. The number of H-pyrrole nitrogens is 1. The van der Waals surface area contributed by atoms with Crippen molar-refractivity contribution in [3.63, 3.8) is 0 Å². The highest BCUT2D eigenvalue weighted by Gasteiger charge is 2.04. The SMILES string of the molecule is C=Cc1c(/C=C\C)[nH]c2ccccc12. The second-order valence-electron chi connectivity index (χ2n) is 3.20. The number of aromatic amines is 1. The van der Waals surface area contributed by atoms with Crippen molar-refractivity contribution in [1.29, 1.82) is 0 Å². The number of aromatic nitrogens is 1. The zero-order chi connectivity index (χ0) is 9.97. The molecule has 0 aliphatic carbocycles. The molecule has 0 atom stereocenters. The first-order chi connectivity index (χ1) is 6.86. The van der Waals surface area contributed by atoms with E-state index in [1.54, 1.807) is 0 Å². The van der Waals surface area contributed by atoms with Gasteiger partial charge in [0.1, 0.15) is 0 Å². The van der Waals surface area contributed by atoms with Crippen LogP contribution in [0, 0.1) is 0 Å². The molecule has 0 spiro atoms. The summed E-state index contributed by atoms with van der Waals surface area (Å²) in [6, 6.07) is 8.26. The van der Waals surface area contributed by atoms with Gasteiger partial charge in [-0.1, -0.05) is 36.9 Å². The van der Waals surface area contributed by atoms with Gasteiger partial charge in [0, 0.05) is 22.2 Å². The van der Waals surface area contributed by atoms with E-state index in [1.807, 2.05) is 31.2 Å². The molecule has 1 nitrogen and oxygen atoms in total. The van der Waals surface area contributed by atoms with Gasteiger partial charge in [-0.2, -0.15) is 0 Å². The molecule has 0 unspecified atom stereocenters. The minimum atomic E-state index is 1.13. The number of rotatable bonds is 2. The van der Waals surface area contributed by atoms with E-state index in [4.69, 9.17) is 0 Å². The summed E-state index contributed by atoms with van der Waals surface area (Å²) in [5.41, 5.74) is 3.47. The van der Waals surface area contributed by atoms with E-state index in [9.17, 15) is 0 Å². The molecule has 0 bridgehead atoms. The Bertz CT molecular complexity index is 489. The summed E-state index contributed by atoms with van der Waals surface area (Å²) in [6.07, 6.45) is 5.99. The van der Waals surface area contributed by atoms with Crippen LogP contribution in [0.15, 0.2) is 36.9 Å². The van der Waals surface area contributed by atoms with Crippen molar-refractivity contribution in [3.8, 4) is 0 Å². The number of benzene rings is 1. The molecular weight excluding hydrogens is 170 g/mol. The Kier molecular flexibility index (Phi) is 2.23. The summed E-state index contributed by atoms with van der Waals surface area (Å²) in [4.78, 5) is 3.36. The van der Waals surface area contributed by atoms with E-state index in [-0.39, 0.29) is 0 Å². The van der Waals surface area contributed by atoms with Gasteiger partial charge in [0.2, 0.25) is 0 Å². The lowest BCUT2D eigenvalue weighted by Gasteiger charge is -1.91. The highest BCUT2D eigenvalue weighted by Crippen LogP contribution is 2.23. The standard InChI is InChI=1S/C13H13N/c1-3-7-12-10(4-2)11-8-5-6-9-13(11)14-12/h3-9,14H,2H2,1H3/b7-3-. The van der Waals surface area contributed by atoms with E-state index in [0.29, 0.717) is 0 Å². The van der Waals surface area contributed by atoms with Crippen LogP contribution in [0.4, 0.5) is 0 Å². The first-order valence-electron chi connectivity index (χ1n) is 4.72. The van der Waals surface area contributed by atoms with Gasteiger partial charge in [-0.05, 0) is 19.1 Å². The second kappa shape index (κ2) is 3.54. The van der Waals surface area contributed by atoms with Crippen LogP contribution in [-0.2, 0) is 0 Å². The Hall–Kier alpha value is -1.76. The minimum Gasteiger partial charge on any atom is -0.355 e. The molecule has 14 heavy (non-hydrogen) atoms. The summed E-state index contributed by atoms with van der Waals surface area (Å²) in [5, 5.41) is 1.23. The van der Waals surface area contributed by atoms with Crippen molar-refractivity contribution < 1.29 is 0 Å². The normalized spacial score (nSPS) is 11.2. The molecule has 1 heterocycles. The Balaban J connectivity index is 2.78. The lowest BCUT2D eigenvalue weighted by atomic mass is 10.1. The fraction of sp³-hybridized carbons (Fsp3) is 0.0769. The Morgan fingerprint density at radius 3 is 2.79 bits per heavy atom. The number of allylic oxidation sites excluding steroid dienone is 1. The number of para-hydroxylation sites is 1. The molecule has 2 rings (SSSR count). The molecule has 0 saturated heterocycles. The average Bonchev–Trinajstić information content (AvgIpc) is 2.55. The monoisotopic (exact) mass is 183 g/mol. The van der Waals surface area contributed by atoms with E-state index >= 15 is 0 Å². The maximum Gasteiger partial charge on any atom is 0.0464 e. The van der Waals surface area contributed by atoms with Crippen LogP contribution >= 0.6 is 0 Å². The quantitative estimate of drug-likeness (QED) is 0.728. The molecule has 0 saturated carbocycles. The van der Waals surface area contributed by atoms with Crippen LogP contribution in [0.3, 0.4) is 0 Å². The molecule has 0 aliphatic rings. The third-order valence-corrected chi connectivity index (χ3v) is 2.31. The van der Waals surface area contributed by atoms with Crippen LogP contribution in [0.1, 0.15) is 18.2 Å². The Morgan fingerprint density at radius 1 is 1.29 bits per heavy atom. The van der Waals surface area contributed by atoms with Crippen molar-refractivity contribution in [2.75, 3.05) is 0 Å². The number of nitrogens with one attached hydrogen (secondary N) is 1. The molecule has 0 radical (unpaired) electrons. The summed E-state index contributed by atoms with van der Waals surface area (Å²) >= 11 is 0. The molecule has 1 heteroatoms. The van der Waals surface area contributed by atoms with Gasteiger partial charge in [0.05, 0.1) is 0 Å². The first-order valence-corrected chi connectivity index (χ1v) is 4.72. The van der Waals surface area contributed by atoms with Crippen molar-refractivity contribution >= 4 is 23.1 Å². The summed E-state index contributed by atoms with van der Waals surface area (Å²) in [5.74, 6) is 0. The van der Waals surface area contributed by atoms with Gasteiger partial charge in [0.15, 0.2) is 0 Å². The van der Waals surface area contributed by atoms with Gasteiger partial charge < -0.3 is 4.98 Å². The van der Waals surface area contributed by atoms with E-state index in [0.717, 1.165) is 11.2 Å². The smallest absolute Gasteiger partial charge is 0.0464 e. The fourth-order valence-corrected chi connectivity index (χ4v) is 1.70. The fourth-order valence-electron chi connectivity index (χ4n) is 1.70. The molecule has 0 aliphatic heterocycles. The molecule has 2 aromatic rings. The average molecular weight is 183 g/mol. The minimum absolute atomic E-state index is 1.13. The predicted molar refractivity (Wildman–Crippen MR) is 63.1 cm³/mol. The molecule has 70 valence electrons. The van der Waals surface area contributed by atoms with Crippen LogP contribution in [0.25, 0.3) is 23.1 Å². The summed E-state index contributed by atoms with van der Waals surface area (Å²) < 4.78 is 0. The van der Waals surface area contributed by atoms with Gasteiger partial charge in [-0.15, -0.1) is 0 Å². The van der Waals surface area contributed by atoms with Crippen LogP contribution < -0.4 is 0 Å². The summed E-state index contributed by atoms with van der Waals surface area (Å²) in [7, 11) is 0. The molecule has 0 fully saturated rings. The summed E-state index contributed by atoms with van der Waals surface area (Å²) in [6.45, 7) is 5.85. The number of hydrogen-bond acceptors (Lipinski definition) is 0. The van der Waals surface area contributed by atoms with Crippen LogP contribution in [0.2, 0.25) is 0 Å². The van der Waals surface area contributed by atoms with Crippen LogP contribution in [-0.4, -0.2) is 4.98 Å². The predicted octanol–water partition coefficient (Wildman–Crippen LogP) is 3.84. The van der Waals surface area contributed by atoms with Crippen molar-refractivity contribution in [1.82, 2.24) is 4.98 Å². The molecule has 1 aromatic carbocycles. The molecular formula is C13H13N. The number of hydrogen-bond donors (Lipinski definition) is 1. The molecule has 1 aromatic heterocycles. The first kappa shape index (κ1) is 8.82. The van der Waals surface area contributed by atoms with Crippen LogP contribution in [0.5, 0.6) is 0 Å². The van der Waals surface area contributed by atoms with Gasteiger partial charge in [0.25, 0.3) is 0 Å². The van der Waals surface area contributed by atoms with Crippen molar-refractivity contribution in [2.45, 2.75) is 6.92 Å². The maximum atomic E-state index is 3.84. The zero-order valence-electron chi connectivity index (χ0n) is 8.25. The largest absolute Gasteiger partial charge is 0.355 e. The van der Waals surface area contributed by atoms with E-state index < -0.39 is 0 Å². The lowest BCUT2D eigenvalue weighted by Crippen LogP contribution is -1.73. The zero-order valence-corrected chi connectivity index (χ0v) is 8.25. The van der Waals surface area contributed by atoms with Crippen molar-refractivity contribution in [2.24, 2.45) is 0 Å². The van der Waals surface area contributed by atoms with Gasteiger partial charge >= 0.3 is 0 Å². The Labute approximate surface area is 83.8 Å². The highest BCUT2D eigenvalue weighted by atomic mass is 14.7. The van der Waals surface area contributed by atoms with Gasteiger partial charge in [-0.25, -0.2) is 0 Å². The van der Waals surface area contributed by atoms with E-state index in [2.05, 4.69) is 29.8 Å². The second-order valence-corrected chi connectivity index (χ2v) is 3.20. The highest BCUT2D eigenvalue weighted by molar-refractivity contribution is 5.92. The topological polar surface area (TPSA) is 15.8 Å². The maximum absolute atomic E-state index is 3.84. The number of fused-ring (bicyclic) bond motifs is 1. The lowest BCUT2D eigenvalue weighted by molar-refractivity contribution is 1.42. The molecule has 0 amide bonds.